The monoisotopic (exact) mass is 504 g/mol. The Hall–Kier alpha value is -3.54. The van der Waals surface area contributed by atoms with Crippen LogP contribution in [0.1, 0.15) is 68.9 Å². The van der Waals surface area contributed by atoms with Gasteiger partial charge in [-0.2, -0.15) is 0 Å². The molecule has 6 heteroatoms. The number of esters is 2. The van der Waals surface area contributed by atoms with Crippen molar-refractivity contribution < 1.29 is 19.1 Å². The molecule has 0 saturated heterocycles. The second-order valence-electron chi connectivity index (χ2n) is 9.84. The molecule has 2 aromatic carbocycles. The number of carbonyl (C=O) groups is 2. The van der Waals surface area contributed by atoms with Crippen molar-refractivity contribution in [1.29, 1.82) is 0 Å². The van der Waals surface area contributed by atoms with Crippen LogP contribution in [-0.4, -0.2) is 18.5 Å². The number of anilines is 2. The summed E-state index contributed by atoms with van der Waals surface area (Å²) in [6.45, 7) is 3.98. The van der Waals surface area contributed by atoms with E-state index < -0.39 is 5.97 Å². The van der Waals surface area contributed by atoms with Gasteiger partial charge in [-0.1, -0.05) is 37.5 Å². The van der Waals surface area contributed by atoms with Gasteiger partial charge in [0.25, 0.3) is 0 Å². The van der Waals surface area contributed by atoms with Crippen molar-refractivity contribution >= 4 is 29.4 Å². The van der Waals surface area contributed by atoms with Gasteiger partial charge in [0, 0.05) is 23.9 Å². The van der Waals surface area contributed by atoms with E-state index >= 15 is 0 Å². The molecule has 37 heavy (non-hydrogen) atoms. The molecular weight excluding hydrogens is 464 g/mol. The molecule has 2 aromatic rings. The number of benzene rings is 2. The Morgan fingerprint density at radius 3 is 2.46 bits per heavy atom. The highest BCUT2D eigenvalue weighted by molar-refractivity contribution is 5.87. The number of allylic oxidation sites excluding steroid dienone is 1. The molecule has 3 rings (SSSR count). The third kappa shape index (κ3) is 9.79. The van der Waals surface area contributed by atoms with Gasteiger partial charge in [-0.15, -0.1) is 6.58 Å². The van der Waals surface area contributed by atoms with E-state index in [1.54, 1.807) is 36.4 Å². The highest BCUT2D eigenvalue weighted by Gasteiger charge is 2.27. The van der Waals surface area contributed by atoms with Crippen molar-refractivity contribution in [3.05, 3.63) is 72.3 Å². The first-order valence-electron chi connectivity index (χ1n) is 13.4. The number of nitrogens with two attached hydrogens (primary N) is 2. The Bertz CT molecular complexity index is 1050. The van der Waals surface area contributed by atoms with Gasteiger partial charge in [-0.3, -0.25) is 4.79 Å². The molecule has 0 aromatic heterocycles. The van der Waals surface area contributed by atoms with E-state index in [1.165, 1.54) is 31.8 Å². The number of rotatable bonds is 13. The Kier molecular flexibility index (Phi) is 11.3. The summed E-state index contributed by atoms with van der Waals surface area (Å²) >= 11 is 0. The van der Waals surface area contributed by atoms with E-state index in [2.05, 4.69) is 6.58 Å². The molecule has 0 atom stereocenters. The smallest absolute Gasteiger partial charge is 0.330 e. The molecular formula is C31H40N2O4. The summed E-state index contributed by atoms with van der Waals surface area (Å²) in [6.07, 6.45) is 15.7. The van der Waals surface area contributed by atoms with Crippen molar-refractivity contribution in [2.75, 3.05) is 18.1 Å². The molecule has 6 nitrogen and oxygen atoms in total. The van der Waals surface area contributed by atoms with Gasteiger partial charge in [-0.25, -0.2) is 4.79 Å². The number of unbranched alkanes of at least 4 members (excludes halogenated alkanes) is 3. The van der Waals surface area contributed by atoms with Gasteiger partial charge in [0.15, 0.2) is 0 Å². The van der Waals surface area contributed by atoms with Crippen LogP contribution in [0.15, 0.2) is 61.2 Å². The molecule has 0 aliphatic heterocycles. The molecule has 0 bridgehead atoms. The second kappa shape index (κ2) is 14.9. The number of ether oxygens (including phenoxy) is 2. The molecule has 0 spiro atoms. The first-order chi connectivity index (χ1) is 17.9. The van der Waals surface area contributed by atoms with Gasteiger partial charge in [0.05, 0.1) is 12.5 Å². The van der Waals surface area contributed by atoms with Crippen LogP contribution in [0.25, 0.3) is 6.08 Å². The fraction of sp³-hybridized carbons (Fsp3) is 0.419. The minimum Gasteiger partial charge on any atom is -0.462 e. The average Bonchev–Trinajstić information content (AvgIpc) is 2.90. The Labute approximate surface area is 220 Å². The summed E-state index contributed by atoms with van der Waals surface area (Å²) in [4.78, 5) is 24.7. The topological polar surface area (TPSA) is 105 Å². The Morgan fingerprint density at radius 2 is 1.73 bits per heavy atom. The molecule has 1 aliphatic carbocycles. The van der Waals surface area contributed by atoms with Crippen molar-refractivity contribution in [1.82, 2.24) is 0 Å². The lowest BCUT2D eigenvalue weighted by Crippen LogP contribution is -2.25. The molecule has 0 heterocycles. The first kappa shape index (κ1) is 28.0. The first-order valence-corrected chi connectivity index (χ1v) is 13.4. The van der Waals surface area contributed by atoms with Crippen LogP contribution in [0.3, 0.4) is 0 Å². The molecule has 1 aliphatic rings. The van der Waals surface area contributed by atoms with Crippen LogP contribution in [0.4, 0.5) is 11.4 Å². The number of hydrogen-bond acceptors (Lipinski definition) is 6. The molecule has 1 fully saturated rings. The van der Waals surface area contributed by atoms with Crippen LogP contribution in [-0.2, 0) is 20.7 Å². The minimum atomic E-state index is -0.439. The van der Waals surface area contributed by atoms with Crippen molar-refractivity contribution in [2.45, 2.75) is 64.2 Å². The zero-order valence-corrected chi connectivity index (χ0v) is 21.7. The maximum absolute atomic E-state index is 12.6. The van der Waals surface area contributed by atoms with E-state index in [-0.39, 0.29) is 18.5 Å². The van der Waals surface area contributed by atoms with E-state index in [4.69, 9.17) is 20.9 Å². The van der Waals surface area contributed by atoms with E-state index in [9.17, 15) is 9.59 Å². The maximum atomic E-state index is 12.6. The summed E-state index contributed by atoms with van der Waals surface area (Å²) in [5, 5.41) is 0. The van der Waals surface area contributed by atoms with E-state index in [0.29, 0.717) is 23.5 Å². The van der Waals surface area contributed by atoms with E-state index in [1.807, 2.05) is 18.2 Å². The van der Waals surface area contributed by atoms with Gasteiger partial charge >= 0.3 is 11.9 Å². The fourth-order valence-corrected chi connectivity index (χ4v) is 4.75. The summed E-state index contributed by atoms with van der Waals surface area (Å²) in [5.41, 5.74) is 14.6. The lowest BCUT2D eigenvalue weighted by atomic mass is 9.80. The Morgan fingerprint density at radius 1 is 0.973 bits per heavy atom. The van der Waals surface area contributed by atoms with Gasteiger partial charge in [0.2, 0.25) is 0 Å². The summed E-state index contributed by atoms with van der Waals surface area (Å²) in [5.74, 6) is 0.658. The SMILES string of the molecule is C=CCCCCCC1CCC(C(=O)Oc2ccc(C=CC(=O)OCCc3cc(N)ccc3N)cc2)CC1. The molecule has 0 radical (unpaired) electrons. The van der Waals surface area contributed by atoms with Gasteiger partial charge in [-0.05, 0) is 92.0 Å². The number of carbonyl (C=O) groups excluding carboxylic acids is 2. The fourth-order valence-electron chi connectivity index (χ4n) is 4.75. The normalized spacial score (nSPS) is 17.4. The molecule has 4 N–H and O–H groups in total. The highest BCUT2D eigenvalue weighted by Crippen LogP contribution is 2.33. The summed E-state index contributed by atoms with van der Waals surface area (Å²) < 4.78 is 10.9. The maximum Gasteiger partial charge on any atom is 0.330 e. The lowest BCUT2D eigenvalue weighted by Gasteiger charge is -2.27. The molecule has 198 valence electrons. The molecule has 0 amide bonds. The average molecular weight is 505 g/mol. The zero-order chi connectivity index (χ0) is 26.5. The highest BCUT2D eigenvalue weighted by atomic mass is 16.5. The summed E-state index contributed by atoms with van der Waals surface area (Å²) in [7, 11) is 0. The predicted octanol–water partition coefficient (Wildman–Crippen LogP) is 6.50. The van der Waals surface area contributed by atoms with Crippen LogP contribution in [0.5, 0.6) is 5.75 Å². The second-order valence-corrected chi connectivity index (χ2v) is 9.84. The lowest BCUT2D eigenvalue weighted by molar-refractivity contribution is -0.140. The largest absolute Gasteiger partial charge is 0.462 e. The third-order valence-corrected chi connectivity index (χ3v) is 6.99. The number of hydrogen-bond donors (Lipinski definition) is 2. The zero-order valence-electron chi connectivity index (χ0n) is 21.7. The summed E-state index contributed by atoms with van der Waals surface area (Å²) in [6, 6.07) is 12.4. The van der Waals surface area contributed by atoms with Crippen molar-refractivity contribution in [3.63, 3.8) is 0 Å². The standard InChI is InChI=1S/C31H40N2O4/c1-2-3-4-5-6-7-23-8-13-25(14-9-23)31(35)37-28-16-10-24(11-17-28)12-19-30(34)36-21-20-26-22-27(32)15-18-29(26)33/h2,10-12,15-19,22-23,25H,1,3-9,13-14,20-21,32-33H2. The van der Waals surface area contributed by atoms with Crippen LogP contribution >= 0.6 is 0 Å². The van der Waals surface area contributed by atoms with Gasteiger partial charge < -0.3 is 20.9 Å². The Balaban J connectivity index is 1.35. The third-order valence-electron chi connectivity index (χ3n) is 6.99. The van der Waals surface area contributed by atoms with Gasteiger partial charge in [0.1, 0.15) is 5.75 Å². The van der Waals surface area contributed by atoms with Crippen LogP contribution in [0, 0.1) is 11.8 Å². The minimum absolute atomic E-state index is 0.0194. The molecule has 0 unspecified atom stereocenters. The van der Waals surface area contributed by atoms with Crippen molar-refractivity contribution in [3.8, 4) is 5.75 Å². The molecule has 1 saturated carbocycles. The number of nitrogen functional groups attached to an aromatic ring is 2. The van der Waals surface area contributed by atoms with Crippen LogP contribution in [0.2, 0.25) is 0 Å². The quantitative estimate of drug-likeness (QED) is 0.0806. The van der Waals surface area contributed by atoms with Crippen molar-refractivity contribution in [2.24, 2.45) is 11.8 Å². The van der Waals surface area contributed by atoms with E-state index in [0.717, 1.165) is 49.1 Å². The van der Waals surface area contributed by atoms with Crippen LogP contribution < -0.4 is 16.2 Å². The predicted molar refractivity (Wildman–Crippen MR) is 150 cm³/mol.